The third-order valence-electron chi connectivity index (χ3n) is 2.46. The van der Waals surface area contributed by atoms with Gasteiger partial charge in [0, 0.05) is 24.4 Å². The number of rotatable bonds is 3. The Morgan fingerprint density at radius 2 is 1.93 bits per heavy atom. The first-order valence-corrected chi connectivity index (χ1v) is 4.85. The highest BCUT2D eigenvalue weighted by Gasteiger charge is 2.38. The summed E-state index contributed by atoms with van der Waals surface area (Å²) < 4.78 is 23.9. The van der Waals surface area contributed by atoms with Crippen LogP contribution in [0.4, 0.5) is 8.78 Å². The van der Waals surface area contributed by atoms with Crippen LogP contribution in [0.25, 0.3) is 0 Å². The molecule has 1 fully saturated rings. The molecule has 0 aromatic carbocycles. The summed E-state index contributed by atoms with van der Waals surface area (Å²) in [7, 11) is 0. The van der Waals surface area contributed by atoms with E-state index in [4.69, 9.17) is 0 Å². The molecule has 1 rings (SSSR count). The molecule has 0 bridgehead atoms. The van der Waals surface area contributed by atoms with Gasteiger partial charge in [0.15, 0.2) is 0 Å². The fraction of sp³-hybridized carbons (Fsp3) is 0.900. The molecule has 1 aliphatic heterocycles. The van der Waals surface area contributed by atoms with Crippen LogP contribution in [0.5, 0.6) is 0 Å². The predicted molar refractivity (Wildman–Crippen MR) is 50.4 cm³/mol. The Hall–Kier alpha value is -0.510. The van der Waals surface area contributed by atoms with Crippen LogP contribution in [0, 0.1) is 11.3 Å². The lowest BCUT2D eigenvalue weighted by molar-refractivity contribution is -0.136. The maximum absolute atomic E-state index is 11.9. The maximum atomic E-state index is 11.9. The summed E-state index contributed by atoms with van der Waals surface area (Å²) in [6, 6.07) is 0. The molecular formula is C10H17F2NO. The Balaban J connectivity index is 2.31. The zero-order chi connectivity index (χ0) is 10.9. The topological polar surface area (TPSA) is 20.3 Å². The molecule has 0 unspecified atom stereocenters. The van der Waals surface area contributed by atoms with Crippen molar-refractivity contribution in [3.05, 3.63) is 0 Å². The van der Waals surface area contributed by atoms with Crippen molar-refractivity contribution in [3.63, 3.8) is 0 Å². The second-order valence-corrected chi connectivity index (χ2v) is 4.92. The lowest BCUT2D eigenvalue weighted by atomic mass is 9.79. The quantitative estimate of drug-likeness (QED) is 0.700. The molecule has 2 nitrogen and oxygen atoms in total. The van der Waals surface area contributed by atoms with E-state index in [0.717, 1.165) is 0 Å². The molecule has 4 heteroatoms. The number of hydrogen-bond acceptors (Lipinski definition) is 2. The predicted octanol–water partition coefficient (Wildman–Crippen LogP) is 1.80. The molecule has 0 amide bonds. The van der Waals surface area contributed by atoms with E-state index in [0.29, 0.717) is 13.1 Å². The number of likely N-dealkylation sites (tertiary alicyclic amines) is 1. The van der Waals surface area contributed by atoms with E-state index in [1.807, 2.05) is 20.8 Å². The van der Waals surface area contributed by atoms with Crippen LogP contribution in [0.2, 0.25) is 0 Å². The van der Waals surface area contributed by atoms with Gasteiger partial charge >= 0.3 is 0 Å². The zero-order valence-corrected chi connectivity index (χ0v) is 8.89. The van der Waals surface area contributed by atoms with E-state index in [9.17, 15) is 13.6 Å². The summed E-state index contributed by atoms with van der Waals surface area (Å²) in [6.45, 7) is 6.40. The highest BCUT2D eigenvalue weighted by atomic mass is 19.3. The third kappa shape index (κ3) is 2.74. The number of nitrogens with zero attached hydrogens (tertiary/aromatic N) is 1. The molecule has 0 spiro atoms. The van der Waals surface area contributed by atoms with E-state index < -0.39 is 6.43 Å². The third-order valence-corrected chi connectivity index (χ3v) is 2.46. The van der Waals surface area contributed by atoms with Gasteiger partial charge in [-0.3, -0.25) is 9.69 Å². The summed E-state index contributed by atoms with van der Waals surface area (Å²) in [5.41, 5.74) is -0.346. The van der Waals surface area contributed by atoms with Crippen LogP contribution >= 0.6 is 0 Å². The van der Waals surface area contributed by atoms with Crippen LogP contribution in [0.1, 0.15) is 20.8 Å². The first-order valence-electron chi connectivity index (χ1n) is 4.85. The SMILES string of the molecule is CC(C)(C)C(=O)C1CN(CC(F)F)C1. The van der Waals surface area contributed by atoms with Crippen molar-refractivity contribution in [1.29, 1.82) is 0 Å². The second kappa shape index (κ2) is 3.93. The molecule has 0 N–H and O–H groups in total. The van der Waals surface area contributed by atoms with Crippen molar-refractivity contribution in [3.8, 4) is 0 Å². The standard InChI is InChI=1S/C10H17F2NO/c1-10(2,3)9(14)7-4-13(5-7)6-8(11)12/h7-8H,4-6H2,1-3H3. The smallest absolute Gasteiger partial charge is 0.251 e. The van der Waals surface area contributed by atoms with Crippen molar-refractivity contribution < 1.29 is 13.6 Å². The monoisotopic (exact) mass is 205 g/mol. The fourth-order valence-corrected chi connectivity index (χ4v) is 1.69. The summed E-state index contributed by atoms with van der Waals surface area (Å²) >= 11 is 0. The van der Waals surface area contributed by atoms with E-state index in [2.05, 4.69) is 0 Å². The van der Waals surface area contributed by atoms with Gasteiger partial charge in [-0.1, -0.05) is 20.8 Å². The van der Waals surface area contributed by atoms with Gasteiger partial charge in [-0.2, -0.15) is 0 Å². The first-order chi connectivity index (χ1) is 6.30. The average Bonchev–Trinajstić information content (AvgIpc) is 1.92. The molecule has 1 saturated heterocycles. The fourth-order valence-electron chi connectivity index (χ4n) is 1.69. The van der Waals surface area contributed by atoms with Gasteiger partial charge in [-0.05, 0) is 0 Å². The van der Waals surface area contributed by atoms with E-state index in [1.165, 1.54) is 0 Å². The average molecular weight is 205 g/mol. The van der Waals surface area contributed by atoms with Gasteiger partial charge in [0.25, 0.3) is 6.43 Å². The van der Waals surface area contributed by atoms with Crippen molar-refractivity contribution in [2.75, 3.05) is 19.6 Å². The Morgan fingerprint density at radius 1 is 1.43 bits per heavy atom. The number of hydrogen-bond donors (Lipinski definition) is 0. The zero-order valence-electron chi connectivity index (χ0n) is 8.89. The van der Waals surface area contributed by atoms with Crippen LogP contribution in [-0.2, 0) is 4.79 Å². The number of alkyl halides is 2. The van der Waals surface area contributed by atoms with Gasteiger partial charge < -0.3 is 0 Å². The molecular weight excluding hydrogens is 188 g/mol. The largest absolute Gasteiger partial charge is 0.299 e. The van der Waals surface area contributed by atoms with Crippen LogP contribution in [0.15, 0.2) is 0 Å². The molecule has 1 heterocycles. The number of halogens is 2. The molecule has 82 valence electrons. The summed E-state index contributed by atoms with van der Waals surface area (Å²) in [5.74, 6) is 0.150. The van der Waals surface area contributed by atoms with Gasteiger partial charge in [-0.25, -0.2) is 8.78 Å². The number of carbonyl (C=O) groups excluding carboxylic acids is 1. The molecule has 0 aromatic rings. The van der Waals surface area contributed by atoms with Gasteiger partial charge in [0.05, 0.1) is 6.54 Å². The summed E-state index contributed by atoms with van der Waals surface area (Å²) in [4.78, 5) is 13.3. The highest BCUT2D eigenvalue weighted by molar-refractivity contribution is 5.87. The van der Waals surface area contributed by atoms with E-state index in [-0.39, 0.29) is 23.7 Å². The lowest BCUT2D eigenvalue weighted by Crippen LogP contribution is -2.54. The van der Waals surface area contributed by atoms with Crippen molar-refractivity contribution >= 4 is 5.78 Å². The Morgan fingerprint density at radius 3 is 2.29 bits per heavy atom. The van der Waals surface area contributed by atoms with Crippen LogP contribution in [-0.4, -0.2) is 36.7 Å². The molecule has 0 aromatic heterocycles. The normalized spacial score (nSPS) is 19.9. The van der Waals surface area contributed by atoms with Crippen LogP contribution < -0.4 is 0 Å². The minimum atomic E-state index is -2.29. The Kier molecular flexibility index (Phi) is 3.24. The Bertz CT molecular complexity index is 217. The molecule has 0 radical (unpaired) electrons. The van der Waals surface area contributed by atoms with Crippen molar-refractivity contribution in [1.82, 2.24) is 4.90 Å². The minimum Gasteiger partial charge on any atom is -0.299 e. The van der Waals surface area contributed by atoms with Crippen molar-refractivity contribution in [2.24, 2.45) is 11.3 Å². The summed E-state index contributed by atoms with van der Waals surface area (Å²) in [6.07, 6.45) is -2.29. The molecule has 1 aliphatic rings. The molecule has 0 atom stereocenters. The number of carbonyl (C=O) groups is 1. The van der Waals surface area contributed by atoms with E-state index in [1.54, 1.807) is 4.90 Å². The number of Topliss-reactive ketones (excluding diaryl/α,β-unsaturated/α-hetero) is 1. The Labute approximate surface area is 83.3 Å². The van der Waals surface area contributed by atoms with Gasteiger partial charge in [0.2, 0.25) is 0 Å². The van der Waals surface area contributed by atoms with Crippen molar-refractivity contribution in [2.45, 2.75) is 27.2 Å². The molecule has 14 heavy (non-hydrogen) atoms. The maximum Gasteiger partial charge on any atom is 0.251 e. The van der Waals surface area contributed by atoms with Gasteiger partial charge in [0.1, 0.15) is 5.78 Å². The van der Waals surface area contributed by atoms with Crippen LogP contribution in [0.3, 0.4) is 0 Å². The molecule has 0 saturated carbocycles. The molecule has 0 aliphatic carbocycles. The minimum absolute atomic E-state index is 0.0336. The first kappa shape index (κ1) is 11.6. The highest BCUT2D eigenvalue weighted by Crippen LogP contribution is 2.26. The number of ketones is 1. The van der Waals surface area contributed by atoms with E-state index >= 15 is 0 Å². The summed E-state index contributed by atoms with van der Waals surface area (Å²) in [5, 5.41) is 0. The lowest BCUT2D eigenvalue weighted by Gasteiger charge is -2.40. The van der Waals surface area contributed by atoms with Gasteiger partial charge in [-0.15, -0.1) is 0 Å². The second-order valence-electron chi connectivity index (χ2n) is 4.92.